The lowest BCUT2D eigenvalue weighted by Gasteiger charge is -2.30. The highest BCUT2D eigenvalue weighted by atomic mass is 19.1. The summed E-state index contributed by atoms with van der Waals surface area (Å²) in [6.07, 6.45) is 4.77. The van der Waals surface area contributed by atoms with Gasteiger partial charge in [0.2, 0.25) is 11.8 Å². The summed E-state index contributed by atoms with van der Waals surface area (Å²) in [6, 6.07) is 9.40. The van der Waals surface area contributed by atoms with Gasteiger partial charge in [0.15, 0.2) is 0 Å². The van der Waals surface area contributed by atoms with E-state index < -0.39 is 0 Å². The summed E-state index contributed by atoms with van der Waals surface area (Å²) in [4.78, 5) is 18.2. The zero-order chi connectivity index (χ0) is 17.9. The summed E-state index contributed by atoms with van der Waals surface area (Å²) in [5.41, 5.74) is 1.34. The fourth-order valence-corrected chi connectivity index (χ4v) is 3.12. The van der Waals surface area contributed by atoms with Gasteiger partial charge in [0, 0.05) is 42.5 Å². The quantitative estimate of drug-likeness (QED) is 0.723. The van der Waals surface area contributed by atoms with Gasteiger partial charge in [-0.25, -0.2) is 4.39 Å². The minimum Gasteiger partial charge on any atom is -0.420 e. The Kier molecular flexibility index (Phi) is 4.43. The first-order chi connectivity index (χ1) is 12.7. The number of carbonyl (C=O) groups is 1. The normalized spacial score (nSPS) is 15.2. The molecule has 2 aromatic heterocycles. The summed E-state index contributed by atoms with van der Waals surface area (Å²) in [5.74, 6) is 0.789. The summed E-state index contributed by atoms with van der Waals surface area (Å²) in [6.45, 7) is 1.28. The van der Waals surface area contributed by atoms with Gasteiger partial charge >= 0.3 is 0 Å². The van der Waals surface area contributed by atoms with Crippen LogP contribution >= 0.6 is 0 Å². The molecule has 1 saturated heterocycles. The highest BCUT2D eigenvalue weighted by molar-refractivity contribution is 5.94. The number of piperidine rings is 1. The first-order valence-corrected chi connectivity index (χ1v) is 8.49. The molecule has 4 rings (SSSR count). The number of hydrogen-bond donors (Lipinski definition) is 0. The number of rotatable bonds is 3. The van der Waals surface area contributed by atoms with Crippen molar-refractivity contribution >= 4 is 5.91 Å². The Morgan fingerprint density at radius 2 is 1.73 bits per heavy atom. The fraction of sp³-hybridized carbons (Fsp3) is 0.263. The maximum Gasteiger partial charge on any atom is 0.253 e. The Labute approximate surface area is 149 Å². The highest BCUT2D eigenvalue weighted by Crippen LogP contribution is 2.29. The lowest BCUT2D eigenvalue weighted by atomic mass is 9.96. The zero-order valence-corrected chi connectivity index (χ0v) is 14.0. The Hall–Kier alpha value is -3.09. The smallest absolute Gasteiger partial charge is 0.253 e. The van der Waals surface area contributed by atoms with Crippen LogP contribution in [0.5, 0.6) is 0 Å². The van der Waals surface area contributed by atoms with Crippen LogP contribution in [0.4, 0.5) is 4.39 Å². The third-order valence-corrected chi connectivity index (χ3v) is 4.59. The second-order valence-electron chi connectivity index (χ2n) is 6.25. The van der Waals surface area contributed by atoms with Crippen molar-refractivity contribution in [2.24, 2.45) is 0 Å². The van der Waals surface area contributed by atoms with Gasteiger partial charge in [-0.1, -0.05) is 0 Å². The Bertz CT molecular complexity index is 887. The molecule has 1 aromatic carbocycles. The van der Waals surface area contributed by atoms with Crippen molar-refractivity contribution in [2.75, 3.05) is 13.1 Å². The summed E-state index contributed by atoms with van der Waals surface area (Å²) in [7, 11) is 0. The molecule has 132 valence electrons. The van der Waals surface area contributed by atoms with Crippen LogP contribution in [0.1, 0.15) is 35.0 Å². The molecule has 3 aromatic rings. The molecule has 1 aliphatic rings. The number of likely N-dealkylation sites (tertiary alicyclic amines) is 1. The van der Waals surface area contributed by atoms with Crippen molar-refractivity contribution in [3.63, 3.8) is 0 Å². The maximum absolute atomic E-state index is 13.0. The van der Waals surface area contributed by atoms with Crippen molar-refractivity contribution < 1.29 is 13.6 Å². The van der Waals surface area contributed by atoms with Crippen LogP contribution in [0.15, 0.2) is 53.2 Å². The minimum atomic E-state index is -0.306. The van der Waals surface area contributed by atoms with Gasteiger partial charge in [-0.05, 0) is 49.2 Å². The molecule has 0 saturated carbocycles. The zero-order valence-electron chi connectivity index (χ0n) is 14.0. The molecule has 0 N–H and O–H groups in total. The van der Waals surface area contributed by atoms with Gasteiger partial charge < -0.3 is 9.32 Å². The van der Waals surface area contributed by atoms with Crippen molar-refractivity contribution in [2.45, 2.75) is 18.8 Å². The van der Waals surface area contributed by atoms with E-state index in [1.807, 2.05) is 4.90 Å². The van der Waals surface area contributed by atoms with Gasteiger partial charge in [0.1, 0.15) is 5.82 Å². The van der Waals surface area contributed by atoms with Crippen molar-refractivity contribution in [1.82, 2.24) is 20.1 Å². The Balaban J connectivity index is 1.41. The minimum absolute atomic E-state index is 0.0170. The predicted molar refractivity (Wildman–Crippen MR) is 91.8 cm³/mol. The van der Waals surface area contributed by atoms with E-state index in [-0.39, 0.29) is 17.6 Å². The van der Waals surface area contributed by atoms with Crippen LogP contribution in [0.25, 0.3) is 11.5 Å². The molecule has 0 atom stereocenters. The summed E-state index contributed by atoms with van der Waals surface area (Å²) in [5, 5.41) is 8.21. The number of halogens is 1. The van der Waals surface area contributed by atoms with Crippen molar-refractivity contribution in [3.8, 4) is 11.5 Å². The molecule has 7 heteroatoms. The van der Waals surface area contributed by atoms with Crippen molar-refractivity contribution in [1.29, 1.82) is 0 Å². The molecule has 0 radical (unpaired) electrons. The average Bonchev–Trinajstić information content (AvgIpc) is 3.19. The maximum atomic E-state index is 13.0. The van der Waals surface area contributed by atoms with Gasteiger partial charge in [0.25, 0.3) is 5.91 Å². The summed E-state index contributed by atoms with van der Waals surface area (Å²) >= 11 is 0. The molecular weight excluding hydrogens is 335 g/mol. The van der Waals surface area contributed by atoms with Gasteiger partial charge in [-0.3, -0.25) is 9.78 Å². The van der Waals surface area contributed by atoms with Crippen LogP contribution in [0.3, 0.4) is 0 Å². The number of nitrogens with zero attached hydrogens (tertiary/aromatic N) is 4. The molecule has 0 spiro atoms. The molecule has 0 bridgehead atoms. The molecule has 1 fully saturated rings. The third kappa shape index (κ3) is 3.33. The number of hydrogen-bond acceptors (Lipinski definition) is 5. The van der Waals surface area contributed by atoms with E-state index in [1.165, 1.54) is 12.1 Å². The Morgan fingerprint density at radius 3 is 2.42 bits per heavy atom. The van der Waals surface area contributed by atoms with Crippen LogP contribution < -0.4 is 0 Å². The van der Waals surface area contributed by atoms with Crippen LogP contribution in [0.2, 0.25) is 0 Å². The molecular formula is C19H17FN4O2. The largest absolute Gasteiger partial charge is 0.420 e. The number of carbonyl (C=O) groups excluding carboxylic acids is 1. The van der Waals surface area contributed by atoms with E-state index in [0.717, 1.165) is 12.8 Å². The molecule has 26 heavy (non-hydrogen) atoms. The van der Waals surface area contributed by atoms with Gasteiger partial charge in [0.05, 0.1) is 0 Å². The number of aromatic nitrogens is 3. The van der Waals surface area contributed by atoms with Crippen LogP contribution in [-0.4, -0.2) is 39.1 Å². The second kappa shape index (κ2) is 7.03. The van der Waals surface area contributed by atoms with Gasteiger partial charge in [-0.15, -0.1) is 10.2 Å². The molecule has 0 aliphatic carbocycles. The SMILES string of the molecule is O=C(c1ccncc1)N1CCC(c2nnc(-c3ccc(F)cc3)o2)CC1. The van der Waals surface area contributed by atoms with E-state index in [4.69, 9.17) is 4.42 Å². The summed E-state index contributed by atoms with van der Waals surface area (Å²) < 4.78 is 18.8. The number of amides is 1. The van der Waals surface area contributed by atoms with Crippen LogP contribution in [-0.2, 0) is 0 Å². The second-order valence-corrected chi connectivity index (χ2v) is 6.25. The van der Waals surface area contributed by atoms with E-state index in [0.29, 0.717) is 36.0 Å². The van der Waals surface area contributed by atoms with E-state index >= 15 is 0 Å². The first-order valence-electron chi connectivity index (χ1n) is 8.49. The molecule has 6 nitrogen and oxygen atoms in total. The fourth-order valence-electron chi connectivity index (χ4n) is 3.12. The monoisotopic (exact) mass is 352 g/mol. The first kappa shape index (κ1) is 16.4. The van der Waals surface area contributed by atoms with E-state index in [1.54, 1.807) is 36.7 Å². The standard InChI is InChI=1S/C19H17FN4O2/c20-16-3-1-13(2-4-16)17-22-23-18(26-17)14-7-11-24(12-8-14)19(25)15-5-9-21-10-6-15/h1-6,9-10,14H,7-8,11-12H2. The van der Waals surface area contributed by atoms with Crippen LogP contribution in [0, 0.1) is 5.82 Å². The lowest BCUT2D eigenvalue weighted by Crippen LogP contribution is -2.38. The predicted octanol–water partition coefficient (Wildman–Crippen LogP) is 3.29. The number of benzene rings is 1. The van der Waals surface area contributed by atoms with Crippen molar-refractivity contribution in [3.05, 3.63) is 66.1 Å². The van der Waals surface area contributed by atoms with E-state index in [9.17, 15) is 9.18 Å². The average molecular weight is 352 g/mol. The van der Waals surface area contributed by atoms with Gasteiger partial charge in [-0.2, -0.15) is 0 Å². The number of pyridine rings is 1. The van der Waals surface area contributed by atoms with E-state index in [2.05, 4.69) is 15.2 Å². The molecule has 1 aliphatic heterocycles. The molecule has 1 amide bonds. The third-order valence-electron chi connectivity index (χ3n) is 4.59. The lowest BCUT2D eigenvalue weighted by molar-refractivity contribution is 0.0706. The molecule has 0 unspecified atom stereocenters. The highest BCUT2D eigenvalue weighted by Gasteiger charge is 2.28. The molecule has 3 heterocycles. The Morgan fingerprint density at radius 1 is 1.04 bits per heavy atom. The topological polar surface area (TPSA) is 72.1 Å².